The molecule has 2 aromatic carbocycles. The van der Waals surface area contributed by atoms with Crippen LogP contribution in [0.4, 0.5) is 4.39 Å². The lowest BCUT2D eigenvalue weighted by molar-refractivity contribution is 0.296. The van der Waals surface area contributed by atoms with Crippen molar-refractivity contribution in [3.05, 3.63) is 60.0 Å². The fourth-order valence-electron chi connectivity index (χ4n) is 2.30. The van der Waals surface area contributed by atoms with Crippen molar-refractivity contribution >= 4 is 10.9 Å². The number of aryl methyl sites for hydroxylation is 1. The first-order valence-corrected chi connectivity index (χ1v) is 6.30. The van der Waals surface area contributed by atoms with Gasteiger partial charge >= 0.3 is 0 Å². The molecular weight excluding hydrogens is 257 g/mol. The molecule has 3 rings (SSSR count). The summed E-state index contributed by atoms with van der Waals surface area (Å²) in [6, 6.07) is 13.4. The maximum absolute atomic E-state index is 13.1. The number of phenols is 1. The van der Waals surface area contributed by atoms with E-state index in [0.29, 0.717) is 12.4 Å². The van der Waals surface area contributed by atoms with Crippen molar-refractivity contribution in [2.75, 3.05) is 0 Å². The maximum Gasteiger partial charge on any atom is 0.139 e. The van der Waals surface area contributed by atoms with Crippen LogP contribution in [0.1, 0.15) is 5.69 Å². The van der Waals surface area contributed by atoms with E-state index in [9.17, 15) is 9.50 Å². The summed E-state index contributed by atoms with van der Waals surface area (Å²) in [5.74, 6) is 0.402. The van der Waals surface area contributed by atoms with E-state index in [4.69, 9.17) is 4.74 Å². The highest BCUT2D eigenvalue weighted by Gasteiger charge is 2.09. The van der Waals surface area contributed by atoms with Gasteiger partial charge in [0.05, 0.1) is 11.2 Å². The van der Waals surface area contributed by atoms with Gasteiger partial charge in [-0.1, -0.05) is 18.2 Å². The van der Waals surface area contributed by atoms with Crippen LogP contribution in [0, 0.1) is 5.82 Å². The molecule has 0 amide bonds. The number of aromatic nitrogens is 1. The minimum Gasteiger partial charge on any atom is -0.506 e. The molecule has 3 aromatic rings. The molecule has 0 aliphatic rings. The Balaban J connectivity index is 1.88. The molecule has 102 valence electrons. The van der Waals surface area contributed by atoms with E-state index in [0.717, 1.165) is 16.6 Å². The second kappa shape index (κ2) is 4.89. The molecule has 3 nitrogen and oxygen atoms in total. The highest BCUT2D eigenvalue weighted by Crippen LogP contribution is 2.27. The van der Waals surface area contributed by atoms with Crippen molar-refractivity contribution in [1.82, 2.24) is 4.57 Å². The second-order valence-electron chi connectivity index (χ2n) is 4.66. The molecule has 1 N–H and O–H groups in total. The van der Waals surface area contributed by atoms with Gasteiger partial charge in [-0.25, -0.2) is 4.39 Å². The molecule has 0 saturated carbocycles. The highest BCUT2D eigenvalue weighted by atomic mass is 19.1. The lowest BCUT2D eigenvalue weighted by Crippen LogP contribution is -2.01. The largest absolute Gasteiger partial charge is 0.506 e. The van der Waals surface area contributed by atoms with E-state index in [1.54, 1.807) is 24.3 Å². The van der Waals surface area contributed by atoms with E-state index in [-0.39, 0.29) is 11.6 Å². The number of ether oxygens (including phenoxy) is 1. The Kier molecular flexibility index (Phi) is 3.06. The minimum absolute atomic E-state index is 0.238. The first-order valence-electron chi connectivity index (χ1n) is 6.30. The fourth-order valence-corrected chi connectivity index (χ4v) is 2.30. The van der Waals surface area contributed by atoms with Gasteiger partial charge in [-0.3, -0.25) is 0 Å². The molecule has 0 bridgehead atoms. The molecule has 4 heteroatoms. The summed E-state index contributed by atoms with van der Waals surface area (Å²) in [5.41, 5.74) is 1.68. The van der Waals surface area contributed by atoms with Crippen LogP contribution in [-0.2, 0) is 13.7 Å². The molecule has 0 spiro atoms. The topological polar surface area (TPSA) is 34.4 Å². The number of nitrogens with zero attached hydrogens (tertiary/aromatic N) is 1. The molecular formula is C16H14FNO2. The van der Waals surface area contributed by atoms with Crippen molar-refractivity contribution in [2.24, 2.45) is 7.05 Å². The Morgan fingerprint density at radius 2 is 1.95 bits per heavy atom. The number of rotatable bonds is 3. The van der Waals surface area contributed by atoms with Crippen molar-refractivity contribution in [1.29, 1.82) is 0 Å². The molecule has 0 atom stereocenters. The number of fused-ring (bicyclic) bond motifs is 1. The van der Waals surface area contributed by atoms with Crippen LogP contribution >= 0.6 is 0 Å². The Labute approximate surface area is 115 Å². The molecule has 1 heterocycles. The highest BCUT2D eigenvalue weighted by molar-refractivity contribution is 5.86. The van der Waals surface area contributed by atoms with Gasteiger partial charge in [-0.05, 0) is 24.3 Å². The van der Waals surface area contributed by atoms with E-state index in [2.05, 4.69) is 0 Å². The van der Waals surface area contributed by atoms with Crippen molar-refractivity contribution in [2.45, 2.75) is 6.61 Å². The van der Waals surface area contributed by atoms with Gasteiger partial charge in [0, 0.05) is 18.5 Å². The first-order chi connectivity index (χ1) is 9.65. The number of halogens is 1. The number of phenolic OH excluding ortho intramolecular Hbond substituents is 1. The lowest BCUT2D eigenvalue weighted by Gasteiger charge is -2.08. The monoisotopic (exact) mass is 271 g/mol. The van der Waals surface area contributed by atoms with Crippen molar-refractivity contribution in [3.63, 3.8) is 0 Å². The van der Waals surface area contributed by atoms with E-state index in [1.807, 2.05) is 23.7 Å². The molecule has 0 aliphatic carbocycles. The molecule has 0 fully saturated rings. The van der Waals surface area contributed by atoms with Gasteiger partial charge in [0.25, 0.3) is 0 Å². The van der Waals surface area contributed by atoms with Gasteiger partial charge in [-0.2, -0.15) is 0 Å². The zero-order chi connectivity index (χ0) is 14.1. The maximum atomic E-state index is 13.1. The zero-order valence-electron chi connectivity index (χ0n) is 11.0. The zero-order valence-corrected chi connectivity index (χ0v) is 11.0. The average molecular weight is 271 g/mol. The van der Waals surface area contributed by atoms with E-state index < -0.39 is 0 Å². The summed E-state index contributed by atoms with van der Waals surface area (Å²) < 4.78 is 20.5. The summed E-state index contributed by atoms with van der Waals surface area (Å²) >= 11 is 0. The Morgan fingerprint density at radius 3 is 2.70 bits per heavy atom. The Hall–Kier alpha value is -2.49. The third-order valence-electron chi connectivity index (χ3n) is 3.32. The summed E-state index contributed by atoms with van der Waals surface area (Å²) in [7, 11) is 1.87. The number of hydrogen-bond donors (Lipinski definition) is 1. The number of benzene rings is 2. The summed E-state index contributed by atoms with van der Waals surface area (Å²) in [6.45, 7) is 0.314. The predicted molar refractivity (Wildman–Crippen MR) is 75.3 cm³/mol. The molecule has 0 saturated heterocycles. The van der Waals surface area contributed by atoms with Gasteiger partial charge in [0.15, 0.2) is 0 Å². The van der Waals surface area contributed by atoms with Crippen LogP contribution < -0.4 is 4.74 Å². The van der Waals surface area contributed by atoms with Crippen molar-refractivity contribution < 1.29 is 14.2 Å². The van der Waals surface area contributed by atoms with E-state index in [1.165, 1.54) is 12.1 Å². The number of para-hydroxylation sites is 1. The quantitative estimate of drug-likeness (QED) is 0.789. The lowest BCUT2D eigenvalue weighted by atomic mass is 10.2. The Morgan fingerprint density at radius 1 is 1.15 bits per heavy atom. The van der Waals surface area contributed by atoms with Crippen LogP contribution in [0.25, 0.3) is 10.9 Å². The van der Waals surface area contributed by atoms with Gasteiger partial charge < -0.3 is 14.4 Å². The minimum atomic E-state index is -0.322. The van der Waals surface area contributed by atoms with E-state index >= 15 is 0 Å². The van der Waals surface area contributed by atoms with Crippen LogP contribution in [-0.4, -0.2) is 9.67 Å². The summed E-state index contributed by atoms with van der Waals surface area (Å²) in [6.07, 6.45) is 0. The first kappa shape index (κ1) is 12.5. The third-order valence-corrected chi connectivity index (χ3v) is 3.32. The van der Waals surface area contributed by atoms with Gasteiger partial charge in [0.1, 0.15) is 23.9 Å². The smallest absolute Gasteiger partial charge is 0.139 e. The van der Waals surface area contributed by atoms with Gasteiger partial charge in [0.2, 0.25) is 0 Å². The van der Waals surface area contributed by atoms with Crippen LogP contribution in [0.15, 0.2) is 48.5 Å². The predicted octanol–water partition coefficient (Wildman–Crippen LogP) is 3.60. The molecule has 20 heavy (non-hydrogen) atoms. The van der Waals surface area contributed by atoms with Gasteiger partial charge in [-0.15, -0.1) is 0 Å². The molecule has 0 aliphatic heterocycles. The molecule has 0 unspecified atom stereocenters. The molecule has 0 radical (unpaired) electrons. The third kappa shape index (κ3) is 2.20. The van der Waals surface area contributed by atoms with Crippen LogP contribution in [0.2, 0.25) is 0 Å². The standard InChI is InChI=1S/C16H14FNO2/c1-18-13(8-11-4-2-7-15(19)16(11)18)10-20-14-6-3-5-12(17)9-14/h2-9,19H,10H2,1H3. The number of hydrogen-bond acceptors (Lipinski definition) is 2. The molecule has 1 aromatic heterocycles. The Bertz CT molecular complexity index is 764. The SMILES string of the molecule is Cn1c(COc2cccc(F)c2)cc2cccc(O)c21. The summed E-state index contributed by atoms with van der Waals surface area (Å²) in [5, 5.41) is 10.8. The van der Waals surface area contributed by atoms with Crippen molar-refractivity contribution in [3.8, 4) is 11.5 Å². The van der Waals surface area contributed by atoms with Crippen LogP contribution in [0.3, 0.4) is 0 Å². The average Bonchev–Trinajstić information content (AvgIpc) is 2.75. The fraction of sp³-hybridized carbons (Fsp3) is 0.125. The second-order valence-corrected chi connectivity index (χ2v) is 4.66. The normalized spacial score (nSPS) is 10.9. The number of aromatic hydroxyl groups is 1. The van der Waals surface area contributed by atoms with Crippen LogP contribution in [0.5, 0.6) is 11.5 Å². The summed E-state index contributed by atoms with van der Waals surface area (Å²) in [4.78, 5) is 0.